The predicted molar refractivity (Wildman–Crippen MR) is 48.0 cm³/mol. The van der Waals surface area contributed by atoms with E-state index in [1.807, 2.05) is 0 Å². The summed E-state index contributed by atoms with van der Waals surface area (Å²) in [5.74, 6) is -0.749. The fraction of sp³-hybridized carbons (Fsp3) is 0.111. The molecule has 7 heteroatoms. The Hall–Kier alpha value is -1.74. The van der Waals surface area contributed by atoms with Crippen LogP contribution in [-0.2, 0) is 0 Å². The Morgan fingerprint density at radius 3 is 2.50 bits per heavy atom. The number of benzene rings is 1. The summed E-state index contributed by atoms with van der Waals surface area (Å²) in [6.45, 7) is 0. The first-order valence-electron chi connectivity index (χ1n) is 3.84. The summed E-state index contributed by atoms with van der Waals surface area (Å²) < 4.78 is 39.4. The summed E-state index contributed by atoms with van der Waals surface area (Å²) in [4.78, 5) is 10.8. The lowest BCUT2D eigenvalue weighted by molar-refractivity contribution is -0.274. The number of ether oxygens (including phenoxy) is 1. The van der Waals surface area contributed by atoms with Gasteiger partial charge in [0.15, 0.2) is 0 Å². The third-order valence-electron chi connectivity index (χ3n) is 1.58. The van der Waals surface area contributed by atoms with E-state index in [9.17, 15) is 18.0 Å². The predicted octanol–water partition coefficient (Wildman–Crippen LogP) is 2.84. The van der Waals surface area contributed by atoms with Crippen LogP contribution < -0.4 is 4.74 Å². The Labute approximate surface area is 93.0 Å². The lowest BCUT2D eigenvalue weighted by Crippen LogP contribution is -2.18. The normalized spacial score (nSPS) is 10.7. The zero-order valence-corrected chi connectivity index (χ0v) is 8.26. The molecule has 0 aliphatic rings. The topological polar surface area (TPSA) is 50.1 Å². The highest BCUT2D eigenvalue weighted by atomic mass is 35.5. The largest absolute Gasteiger partial charge is 0.573 e. The maximum atomic E-state index is 11.9. The standard InChI is InChI=1S/C9H3ClF3NO2/c10-8(15)5-2-1-3-7(6(5)4-14)16-9(11,12)13/h1-3H. The van der Waals surface area contributed by atoms with Crippen molar-refractivity contribution in [3.05, 3.63) is 29.3 Å². The highest BCUT2D eigenvalue weighted by Crippen LogP contribution is 2.28. The first-order chi connectivity index (χ1) is 7.35. The van der Waals surface area contributed by atoms with Gasteiger partial charge in [0.25, 0.3) is 5.24 Å². The molecule has 0 atom stereocenters. The van der Waals surface area contributed by atoms with E-state index in [4.69, 9.17) is 16.9 Å². The lowest BCUT2D eigenvalue weighted by atomic mass is 10.1. The van der Waals surface area contributed by atoms with Crippen molar-refractivity contribution in [2.24, 2.45) is 0 Å². The average molecular weight is 250 g/mol. The van der Waals surface area contributed by atoms with Crippen LogP contribution in [0.2, 0.25) is 0 Å². The molecule has 0 radical (unpaired) electrons. The quantitative estimate of drug-likeness (QED) is 0.757. The van der Waals surface area contributed by atoms with Gasteiger partial charge in [0.2, 0.25) is 0 Å². The minimum Gasteiger partial charge on any atom is -0.404 e. The molecule has 84 valence electrons. The van der Waals surface area contributed by atoms with Gasteiger partial charge in [0.1, 0.15) is 17.4 Å². The van der Waals surface area contributed by atoms with Crippen molar-refractivity contribution in [2.45, 2.75) is 6.36 Å². The number of hydrogen-bond acceptors (Lipinski definition) is 3. The first-order valence-corrected chi connectivity index (χ1v) is 4.21. The third-order valence-corrected chi connectivity index (χ3v) is 1.78. The van der Waals surface area contributed by atoms with Crippen molar-refractivity contribution in [3.63, 3.8) is 0 Å². The zero-order valence-electron chi connectivity index (χ0n) is 7.51. The molecule has 0 heterocycles. The summed E-state index contributed by atoms with van der Waals surface area (Å²) in [5.41, 5.74) is -0.870. The molecule has 16 heavy (non-hydrogen) atoms. The Balaban J connectivity index is 3.26. The van der Waals surface area contributed by atoms with Gasteiger partial charge in [-0.1, -0.05) is 6.07 Å². The summed E-state index contributed by atoms with van der Waals surface area (Å²) in [6.07, 6.45) is -4.93. The second kappa shape index (κ2) is 4.41. The fourth-order valence-corrected chi connectivity index (χ4v) is 1.18. The lowest BCUT2D eigenvalue weighted by Gasteiger charge is -2.10. The first kappa shape index (κ1) is 12.3. The van der Waals surface area contributed by atoms with Crippen LogP contribution in [0.5, 0.6) is 5.75 Å². The number of alkyl halides is 3. The van der Waals surface area contributed by atoms with Gasteiger partial charge in [-0.05, 0) is 23.7 Å². The van der Waals surface area contributed by atoms with Crippen molar-refractivity contribution in [2.75, 3.05) is 0 Å². The monoisotopic (exact) mass is 249 g/mol. The van der Waals surface area contributed by atoms with Gasteiger partial charge in [-0.25, -0.2) is 0 Å². The number of rotatable bonds is 2. The van der Waals surface area contributed by atoms with E-state index in [0.717, 1.165) is 18.2 Å². The van der Waals surface area contributed by atoms with Crippen LogP contribution in [0, 0.1) is 11.3 Å². The maximum absolute atomic E-state index is 11.9. The molecule has 0 aliphatic carbocycles. The van der Waals surface area contributed by atoms with E-state index in [1.165, 1.54) is 6.07 Å². The fourth-order valence-electron chi connectivity index (χ4n) is 1.02. The summed E-state index contributed by atoms with van der Waals surface area (Å²) in [7, 11) is 0. The second-order valence-corrected chi connectivity index (χ2v) is 2.96. The number of hydrogen-bond donors (Lipinski definition) is 0. The van der Waals surface area contributed by atoms with Crippen LogP contribution >= 0.6 is 11.6 Å². The molecule has 0 fully saturated rings. The van der Waals surface area contributed by atoms with Crippen molar-refractivity contribution in [1.82, 2.24) is 0 Å². The van der Waals surface area contributed by atoms with Gasteiger partial charge in [0.05, 0.1) is 5.56 Å². The third kappa shape index (κ3) is 2.87. The maximum Gasteiger partial charge on any atom is 0.573 e. The van der Waals surface area contributed by atoms with Crippen LogP contribution in [0.4, 0.5) is 13.2 Å². The van der Waals surface area contributed by atoms with E-state index in [2.05, 4.69) is 4.74 Å². The SMILES string of the molecule is N#Cc1c(OC(F)(F)F)cccc1C(=O)Cl. The second-order valence-electron chi connectivity index (χ2n) is 2.61. The molecule has 3 nitrogen and oxygen atoms in total. The highest BCUT2D eigenvalue weighted by Gasteiger charge is 2.32. The highest BCUT2D eigenvalue weighted by molar-refractivity contribution is 6.68. The Morgan fingerprint density at radius 1 is 1.44 bits per heavy atom. The van der Waals surface area contributed by atoms with Crippen LogP contribution in [0.1, 0.15) is 15.9 Å². The molecule has 0 aromatic heterocycles. The van der Waals surface area contributed by atoms with E-state index in [-0.39, 0.29) is 5.56 Å². The van der Waals surface area contributed by atoms with E-state index in [0.29, 0.717) is 0 Å². The summed E-state index contributed by atoms with van der Waals surface area (Å²) in [6, 6.07) is 4.64. The molecule has 1 rings (SSSR count). The van der Waals surface area contributed by atoms with E-state index >= 15 is 0 Å². The number of carbonyl (C=O) groups is 1. The number of nitriles is 1. The molecule has 0 bridgehead atoms. The Kier molecular flexibility index (Phi) is 3.40. The molecular formula is C9H3ClF3NO2. The van der Waals surface area contributed by atoms with Gasteiger partial charge in [-0.15, -0.1) is 13.2 Å². The molecule has 0 spiro atoms. The van der Waals surface area contributed by atoms with Crippen LogP contribution in [0.3, 0.4) is 0 Å². The van der Waals surface area contributed by atoms with Gasteiger partial charge >= 0.3 is 6.36 Å². The molecule has 0 unspecified atom stereocenters. The Bertz CT molecular complexity index is 465. The smallest absolute Gasteiger partial charge is 0.404 e. The molecule has 0 amide bonds. The molecular weight excluding hydrogens is 247 g/mol. The van der Waals surface area contributed by atoms with Crippen LogP contribution in [0.25, 0.3) is 0 Å². The van der Waals surface area contributed by atoms with E-state index < -0.39 is 22.9 Å². The van der Waals surface area contributed by atoms with Crippen molar-refractivity contribution in [3.8, 4) is 11.8 Å². The molecule has 0 N–H and O–H groups in total. The number of halogens is 4. The minimum atomic E-state index is -4.93. The summed E-state index contributed by atoms with van der Waals surface area (Å²) >= 11 is 5.10. The molecule has 1 aromatic rings. The van der Waals surface area contributed by atoms with Crippen LogP contribution in [0.15, 0.2) is 18.2 Å². The van der Waals surface area contributed by atoms with Crippen LogP contribution in [-0.4, -0.2) is 11.6 Å². The van der Waals surface area contributed by atoms with Crippen molar-refractivity contribution >= 4 is 16.8 Å². The molecule has 0 aliphatic heterocycles. The summed E-state index contributed by atoms with van der Waals surface area (Å²) in [5, 5.41) is 7.61. The van der Waals surface area contributed by atoms with Gasteiger partial charge in [0, 0.05) is 0 Å². The van der Waals surface area contributed by atoms with E-state index in [1.54, 1.807) is 0 Å². The Morgan fingerprint density at radius 2 is 2.06 bits per heavy atom. The average Bonchev–Trinajstić information content (AvgIpc) is 2.14. The number of nitrogens with zero attached hydrogens (tertiary/aromatic N) is 1. The minimum absolute atomic E-state index is 0.328. The molecule has 1 aromatic carbocycles. The molecule has 0 saturated carbocycles. The van der Waals surface area contributed by atoms with Crippen molar-refractivity contribution < 1.29 is 22.7 Å². The van der Waals surface area contributed by atoms with Gasteiger partial charge in [-0.3, -0.25) is 4.79 Å². The van der Waals surface area contributed by atoms with Gasteiger partial charge in [-0.2, -0.15) is 5.26 Å². The van der Waals surface area contributed by atoms with Gasteiger partial charge < -0.3 is 4.74 Å². The van der Waals surface area contributed by atoms with Crippen molar-refractivity contribution in [1.29, 1.82) is 5.26 Å². The molecule has 0 saturated heterocycles. The number of carbonyl (C=O) groups excluding carboxylic acids is 1. The zero-order chi connectivity index (χ0) is 12.3.